The SMILES string of the molecule is O=C(O)C1c2ccccc2Sc2ccc(Br)cc21. The van der Waals surface area contributed by atoms with E-state index >= 15 is 0 Å². The van der Waals surface area contributed by atoms with Gasteiger partial charge in [0.1, 0.15) is 5.92 Å². The first-order valence-corrected chi connectivity index (χ1v) is 7.07. The minimum absolute atomic E-state index is 0.574. The molecule has 2 aromatic rings. The van der Waals surface area contributed by atoms with E-state index in [1.54, 1.807) is 11.8 Å². The van der Waals surface area contributed by atoms with E-state index in [1.807, 2.05) is 42.5 Å². The zero-order valence-corrected chi connectivity index (χ0v) is 11.7. The van der Waals surface area contributed by atoms with Crippen LogP contribution in [-0.2, 0) is 4.79 Å². The van der Waals surface area contributed by atoms with Crippen LogP contribution in [0.2, 0.25) is 0 Å². The fourth-order valence-electron chi connectivity index (χ4n) is 2.20. The first-order chi connectivity index (χ1) is 8.66. The minimum atomic E-state index is -0.804. The van der Waals surface area contributed by atoms with Crippen LogP contribution in [0, 0.1) is 0 Å². The molecule has 2 aromatic carbocycles. The average molecular weight is 321 g/mol. The Kier molecular flexibility index (Phi) is 2.92. The van der Waals surface area contributed by atoms with Gasteiger partial charge in [0, 0.05) is 14.3 Å². The number of benzene rings is 2. The van der Waals surface area contributed by atoms with Gasteiger partial charge < -0.3 is 5.11 Å². The van der Waals surface area contributed by atoms with Gasteiger partial charge in [-0.05, 0) is 35.4 Å². The third kappa shape index (κ3) is 1.85. The van der Waals surface area contributed by atoms with Crippen LogP contribution in [0.1, 0.15) is 17.0 Å². The molecule has 1 atom stereocenters. The van der Waals surface area contributed by atoms with E-state index < -0.39 is 11.9 Å². The van der Waals surface area contributed by atoms with Crippen molar-refractivity contribution in [3.8, 4) is 0 Å². The van der Waals surface area contributed by atoms with Gasteiger partial charge in [0.15, 0.2) is 0 Å². The highest BCUT2D eigenvalue weighted by molar-refractivity contribution is 9.10. The molecule has 0 spiro atoms. The zero-order chi connectivity index (χ0) is 12.7. The summed E-state index contributed by atoms with van der Waals surface area (Å²) in [5, 5.41) is 9.50. The second kappa shape index (κ2) is 4.44. The van der Waals surface area contributed by atoms with Gasteiger partial charge in [-0.15, -0.1) is 0 Å². The van der Waals surface area contributed by atoms with Crippen molar-refractivity contribution in [2.24, 2.45) is 0 Å². The monoisotopic (exact) mass is 320 g/mol. The van der Waals surface area contributed by atoms with Gasteiger partial charge in [-0.1, -0.05) is 45.9 Å². The normalized spacial score (nSPS) is 16.8. The maximum Gasteiger partial charge on any atom is 0.315 e. The molecular weight excluding hydrogens is 312 g/mol. The number of hydrogen-bond acceptors (Lipinski definition) is 2. The molecule has 1 aliphatic rings. The topological polar surface area (TPSA) is 37.3 Å². The van der Waals surface area contributed by atoms with Crippen molar-refractivity contribution in [2.45, 2.75) is 15.7 Å². The summed E-state index contributed by atoms with van der Waals surface area (Å²) in [7, 11) is 0. The second-order valence-corrected chi connectivity index (χ2v) is 6.09. The highest BCUT2D eigenvalue weighted by atomic mass is 79.9. The van der Waals surface area contributed by atoms with E-state index in [0.29, 0.717) is 0 Å². The van der Waals surface area contributed by atoms with Gasteiger partial charge in [-0.25, -0.2) is 0 Å². The zero-order valence-electron chi connectivity index (χ0n) is 9.26. The number of fused-ring (bicyclic) bond motifs is 2. The molecule has 90 valence electrons. The minimum Gasteiger partial charge on any atom is -0.481 e. The molecule has 4 heteroatoms. The smallest absolute Gasteiger partial charge is 0.315 e. The third-order valence-corrected chi connectivity index (χ3v) is 4.66. The van der Waals surface area contributed by atoms with Crippen LogP contribution in [0.4, 0.5) is 0 Å². The summed E-state index contributed by atoms with van der Waals surface area (Å²) in [5.74, 6) is -1.38. The van der Waals surface area contributed by atoms with Gasteiger partial charge in [-0.3, -0.25) is 4.79 Å². The number of rotatable bonds is 1. The number of carbonyl (C=O) groups is 1. The van der Waals surface area contributed by atoms with E-state index in [2.05, 4.69) is 15.9 Å². The number of halogens is 1. The third-order valence-electron chi connectivity index (χ3n) is 2.98. The molecule has 1 aliphatic heterocycles. The molecular formula is C14H9BrO2S. The molecule has 18 heavy (non-hydrogen) atoms. The Morgan fingerprint density at radius 1 is 1.11 bits per heavy atom. The molecule has 0 radical (unpaired) electrons. The molecule has 1 unspecified atom stereocenters. The number of aliphatic carboxylic acids is 1. The van der Waals surface area contributed by atoms with Crippen molar-refractivity contribution in [3.63, 3.8) is 0 Å². The van der Waals surface area contributed by atoms with Crippen molar-refractivity contribution in [2.75, 3.05) is 0 Å². The first-order valence-electron chi connectivity index (χ1n) is 5.46. The molecule has 2 nitrogen and oxygen atoms in total. The average Bonchev–Trinajstić information content (AvgIpc) is 2.35. The Bertz CT molecular complexity index is 639. The molecule has 1 heterocycles. The lowest BCUT2D eigenvalue weighted by Crippen LogP contribution is -2.17. The molecule has 0 bridgehead atoms. The highest BCUT2D eigenvalue weighted by Crippen LogP contribution is 2.46. The lowest BCUT2D eigenvalue weighted by Gasteiger charge is -2.25. The van der Waals surface area contributed by atoms with Gasteiger partial charge in [0.2, 0.25) is 0 Å². The molecule has 0 aromatic heterocycles. The Balaban J connectivity index is 2.24. The Hall–Kier alpha value is -1.26. The fourth-order valence-corrected chi connectivity index (χ4v) is 3.70. The van der Waals surface area contributed by atoms with Gasteiger partial charge in [0.05, 0.1) is 0 Å². The summed E-state index contributed by atoms with van der Waals surface area (Å²) in [6.07, 6.45) is 0. The standard InChI is InChI=1S/C14H9BrO2S/c15-8-5-6-12-10(7-8)13(14(16)17)9-3-1-2-4-11(9)18-12/h1-7,13H,(H,16,17). The van der Waals surface area contributed by atoms with E-state index in [1.165, 1.54) is 0 Å². The quantitative estimate of drug-likeness (QED) is 0.858. The fraction of sp³-hybridized carbons (Fsp3) is 0.0714. The van der Waals surface area contributed by atoms with Crippen LogP contribution in [0.25, 0.3) is 0 Å². The maximum atomic E-state index is 11.6. The summed E-state index contributed by atoms with van der Waals surface area (Å²) >= 11 is 5.03. The van der Waals surface area contributed by atoms with Crippen molar-refractivity contribution in [1.82, 2.24) is 0 Å². The van der Waals surface area contributed by atoms with Gasteiger partial charge in [0.25, 0.3) is 0 Å². The molecule has 1 N–H and O–H groups in total. The molecule has 3 rings (SSSR count). The van der Waals surface area contributed by atoms with E-state index in [9.17, 15) is 9.90 Å². The molecule has 0 saturated carbocycles. The molecule has 0 amide bonds. The van der Waals surface area contributed by atoms with Crippen molar-refractivity contribution < 1.29 is 9.90 Å². The predicted molar refractivity (Wildman–Crippen MR) is 74.2 cm³/mol. The molecule has 0 aliphatic carbocycles. The Labute approximate surface area is 117 Å². The summed E-state index contributed by atoms with van der Waals surface area (Å²) in [6, 6.07) is 13.5. The van der Waals surface area contributed by atoms with Gasteiger partial charge >= 0.3 is 5.97 Å². The first kappa shape index (κ1) is 11.8. The summed E-state index contributed by atoms with van der Waals surface area (Å²) in [4.78, 5) is 13.6. The largest absolute Gasteiger partial charge is 0.481 e. The predicted octanol–water partition coefficient (Wildman–Crippen LogP) is 4.13. The lowest BCUT2D eigenvalue weighted by atomic mass is 9.91. The summed E-state index contributed by atoms with van der Waals surface area (Å²) in [6.45, 7) is 0. The van der Waals surface area contributed by atoms with Crippen molar-refractivity contribution in [3.05, 3.63) is 58.1 Å². The Morgan fingerprint density at radius 3 is 2.61 bits per heavy atom. The lowest BCUT2D eigenvalue weighted by molar-refractivity contribution is -0.137. The number of carboxylic acids is 1. The van der Waals surface area contributed by atoms with Crippen LogP contribution in [0.15, 0.2) is 56.7 Å². The number of hydrogen-bond donors (Lipinski definition) is 1. The summed E-state index contributed by atoms with van der Waals surface area (Å²) < 4.78 is 0.910. The Morgan fingerprint density at radius 2 is 1.83 bits per heavy atom. The van der Waals surface area contributed by atoms with E-state index in [0.717, 1.165) is 25.4 Å². The summed E-state index contributed by atoms with van der Waals surface area (Å²) in [5.41, 5.74) is 1.74. The highest BCUT2D eigenvalue weighted by Gasteiger charge is 2.31. The van der Waals surface area contributed by atoms with Crippen LogP contribution in [0.5, 0.6) is 0 Å². The van der Waals surface area contributed by atoms with E-state index in [4.69, 9.17) is 0 Å². The van der Waals surface area contributed by atoms with Crippen LogP contribution in [0.3, 0.4) is 0 Å². The second-order valence-electron chi connectivity index (χ2n) is 4.09. The van der Waals surface area contributed by atoms with E-state index in [-0.39, 0.29) is 0 Å². The van der Waals surface area contributed by atoms with Gasteiger partial charge in [-0.2, -0.15) is 0 Å². The number of carboxylic acid groups (broad SMARTS) is 1. The molecule has 0 fully saturated rings. The molecule has 0 saturated heterocycles. The van der Waals surface area contributed by atoms with Crippen molar-refractivity contribution in [1.29, 1.82) is 0 Å². The van der Waals surface area contributed by atoms with Crippen LogP contribution in [-0.4, -0.2) is 11.1 Å². The van der Waals surface area contributed by atoms with Crippen LogP contribution < -0.4 is 0 Å². The maximum absolute atomic E-state index is 11.6. The van der Waals surface area contributed by atoms with Crippen molar-refractivity contribution >= 4 is 33.7 Å². The van der Waals surface area contributed by atoms with Crippen LogP contribution >= 0.6 is 27.7 Å².